The van der Waals surface area contributed by atoms with Crippen LogP contribution < -0.4 is 11.1 Å². The normalized spacial score (nSPS) is 12.2. The predicted molar refractivity (Wildman–Crippen MR) is 71.7 cm³/mol. The van der Waals surface area contributed by atoms with Crippen LogP contribution in [0.1, 0.15) is 19.0 Å². The van der Waals surface area contributed by atoms with Crippen molar-refractivity contribution in [3.05, 3.63) is 5.69 Å². The van der Waals surface area contributed by atoms with Gasteiger partial charge in [-0.15, -0.1) is 12.4 Å². The van der Waals surface area contributed by atoms with Crippen molar-refractivity contribution < 1.29 is 4.79 Å². The van der Waals surface area contributed by atoms with E-state index in [1.165, 1.54) is 0 Å². The van der Waals surface area contributed by atoms with E-state index in [1.807, 2.05) is 14.0 Å². The molecule has 1 amide bonds. The highest BCUT2D eigenvalue weighted by Crippen LogP contribution is 2.23. The minimum absolute atomic E-state index is 0. The zero-order valence-corrected chi connectivity index (χ0v) is 11.3. The summed E-state index contributed by atoms with van der Waals surface area (Å²) in [7, 11) is 1.81. The van der Waals surface area contributed by atoms with Crippen LogP contribution in [-0.2, 0) is 11.8 Å². The van der Waals surface area contributed by atoms with E-state index in [0.717, 1.165) is 16.7 Å². The molecule has 4 N–H and O–H groups in total. The van der Waals surface area contributed by atoms with Gasteiger partial charge in [0.2, 0.25) is 5.91 Å². The summed E-state index contributed by atoms with van der Waals surface area (Å²) in [6, 6.07) is -0.164. The predicted octanol–water partition coefficient (Wildman–Crippen LogP) is 0.702. The summed E-state index contributed by atoms with van der Waals surface area (Å²) in [4.78, 5) is 11.6. The van der Waals surface area contributed by atoms with Crippen LogP contribution in [0.2, 0.25) is 0 Å². The molecule has 0 radical (unpaired) electrons. The molecule has 7 nitrogen and oxygen atoms in total. The Labute approximate surface area is 111 Å². The number of aromatic nitrogens is 4. The molecule has 2 rings (SSSR count). The van der Waals surface area contributed by atoms with Gasteiger partial charge in [0.15, 0.2) is 5.65 Å². The molecule has 0 spiro atoms. The summed E-state index contributed by atoms with van der Waals surface area (Å²) in [6.07, 6.45) is 0.278. The van der Waals surface area contributed by atoms with Gasteiger partial charge in [0.25, 0.3) is 0 Å². The van der Waals surface area contributed by atoms with Crippen molar-refractivity contribution in [2.75, 3.05) is 5.32 Å². The standard InChI is InChI=1S/C10H16N6O.ClH/c1-5(11)4-7(17)12-9-8-6(2)15-16(3)10(8)14-13-9;/h5H,4,11H2,1-3H3,(H2,12,13,14,17);1H. The van der Waals surface area contributed by atoms with Crippen LogP contribution in [0.15, 0.2) is 0 Å². The van der Waals surface area contributed by atoms with Gasteiger partial charge < -0.3 is 11.1 Å². The smallest absolute Gasteiger partial charge is 0.227 e. The number of aromatic amines is 1. The Balaban J connectivity index is 0.00000162. The van der Waals surface area contributed by atoms with Crippen molar-refractivity contribution in [1.82, 2.24) is 20.0 Å². The first-order chi connectivity index (χ1) is 7.99. The lowest BCUT2D eigenvalue weighted by Crippen LogP contribution is -2.24. The number of anilines is 1. The monoisotopic (exact) mass is 272 g/mol. The Morgan fingerprint density at radius 1 is 1.61 bits per heavy atom. The molecule has 2 heterocycles. The number of nitrogens with two attached hydrogens (primary N) is 1. The number of halogens is 1. The Kier molecular flexibility index (Phi) is 4.31. The van der Waals surface area contributed by atoms with Gasteiger partial charge in [-0.05, 0) is 13.8 Å². The molecule has 0 saturated heterocycles. The fraction of sp³-hybridized carbons (Fsp3) is 0.500. The number of H-pyrrole nitrogens is 1. The van der Waals surface area contributed by atoms with Gasteiger partial charge in [-0.2, -0.15) is 10.2 Å². The van der Waals surface area contributed by atoms with Crippen LogP contribution in [0.5, 0.6) is 0 Å². The van der Waals surface area contributed by atoms with E-state index in [0.29, 0.717) is 5.82 Å². The molecule has 0 bridgehead atoms. The Morgan fingerprint density at radius 3 is 2.89 bits per heavy atom. The minimum Gasteiger partial charge on any atom is -0.327 e. The molecule has 2 aromatic rings. The van der Waals surface area contributed by atoms with E-state index in [-0.39, 0.29) is 30.8 Å². The van der Waals surface area contributed by atoms with Gasteiger partial charge in [-0.25, -0.2) is 4.68 Å². The third kappa shape index (κ3) is 2.62. The van der Waals surface area contributed by atoms with Crippen molar-refractivity contribution in [2.45, 2.75) is 26.3 Å². The van der Waals surface area contributed by atoms with E-state index in [9.17, 15) is 4.79 Å². The Bertz CT molecular complexity index is 558. The highest BCUT2D eigenvalue weighted by molar-refractivity contribution is 5.99. The van der Waals surface area contributed by atoms with Gasteiger partial charge in [-0.1, -0.05) is 0 Å². The summed E-state index contributed by atoms with van der Waals surface area (Å²) in [5, 5.41) is 14.7. The number of carbonyl (C=O) groups is 1. The van der Waals surface area contributed by atoms with E-state index < -0.39 is 0 Å². The maximum Gasteiger partial charge on any atom is 0.227 e. The topological polar surface area (TPSA) is 102 Å². The summed E-state index contributed by atoms with van der Waals surface area (Å²) in [5.41, 5.74) is 7.11. The molecule has 8 heteroatoms. The number of amides is 1. The molecule has 0 aliphatic heterocycles. The third-order valence-corrected chi connectivity index (χ3v) is 2.49. The van der Waals surface area contributed by atoms with Crippen LogP contribution in [0, 0.1) is 6.92 Å². The van der Waals surface area contributed by atoms with E-state index in [2.05, 4.69) is 20.6 Å². The van der Waals surface area contributed by atoms with E-state index >= 15 is 0 Å². The van der Waals surface area contributed by atoms with Crippen molar-refractivity contribution in [1.29, 1.82) is 0 Å². The molecule has 1 unspecified atom stereocenters. The van der Waals surface area contributed by atoms with Gasteiger partial charge in [0.1, 0.15) is 5.82 Å². The lowest BCUT2D eigenvalue weighted by Gasteiger charge is -2.05. The van der Waals surface area contributed by atoms with Crippen molar-refractivity contribution in [3.63, 3.8) is 0 Å². The second-order valence-electron chi connectivity index (χ2n) is 4.24. The van der Waals surface area contributed by atoms with Crippen molar-refractivity contribution in [3.8, 4) is 0 Å². The summed E-state index contributed by atoms with van der Waals surface area (Å²) in [6.45, 7) is 3.66. The SMILES string of the molecule is Cc1nn(C)c2n[nH]c(NC(=O)CC(C)N)c12.Cl. The van der Waals surface area contributed by atoms with Crippen molar-refractivity contribution in [2.24, 2.45) is 12.8 Å². The first-order valence-corrected chi connectivity index (χ1v) is 5.42. The molecule has 2 aromatic heterocycles. The first kappa shape index (κ1) is 14.5. The number of rotatable bonds is 3. The molecule has 0 aromatic carbocycles. The fourth-order valence-corrected chi connectivity index (χ4v) is 1.81. The van der Waals surface area contributed by atoms with Gasteiger partial charge in [-0.3, -0.25) is 9.89 Å². The van der Waals surface area contributed by atoms with Gasteiger partial charge in [0.05, 0.1) is 11.1 Å². The highest BCUT2D eigenvalue weighted by atomic mass is 35.5. The van der Waals surface area contributed by atoms with Crippen LogP contribution in [-0.4, -0.2) is 31.9 Å². The third-order valence-electron chi connectivity index (χ3n) is 2.49. The maximum atomic E-state index is 11.6. The summed E-state index contributed by atoms with van der Waals surface area (Å²) >= 11 is 0. The number of nitrogens with zero attached hydrogens (tertiary/aromatic N) is 3. The van der Waals surface area contributed by atoms with Gasteiger partial charge >= 0.3 is 0 Å². The molecule has 0 saturated carbocycles. The molecule has 18 heavy (non-hydrogen) atoms. The average molecular weight is 273 g/mol. The fourth-order valence-electron chi connectivity index (χ4n) is 1.81. The maximum absolute atomic E-state index is 11.6. The molecule has 0 fully saturated rings. The number of carbonyl (C=O) groups excluding carboxylic acids is 1. The highest BCUT2D eigenvalue weighted by Gasteiger charge is 2.15. The Hall–Kier alpha value is -1.60. The number of hydrogen-bond donors (Lipinski definition) is 3. The quantitative estimate of drug-likeness (QED) is 0.765. The van der Waals surface area contributed by atoms with Crippen LogP contribution in [0.4, 0.5) is 5.82 Å². The van der Waals surface area contributed by atoms with Crippen LogP contribution in [0.3, 0.4) is 0 Å². The first-order valence-electron chi connectivity index (χ1n) is 5.42. The molecular formula is C10H17ClN6O. The van der Waals surface area contributed by atoms with Crippen molar-refractivity contribution >= 4 is 35.2 Å². The molecule has 100 valence electrons. The van der Waals surface area contributed by atoms with Crippen LogP contribution >= 0.6 is 12.4 Å². The second-order valence-corrected chi connectivity index (χ2v) is 4.24. The summed E-state index contributed by atoms with van der Waals surface area (Å²) in [5.74, 6) is 0.449. The lowest BCUT2D eigenvalue weighted by molar-refractivity contribution is -0.116. The molecule has 0 aliphatic carbocycles. The van der Waals surface area contributed by atoms with E-state index in [1.54, 1.807) is 11.6 Å². The molecule has 1 atom stereocenters. The minimum atomic E-state index is -0.164. The summed E-state index contributed by atoms with van der Waals surface area (Å²) < 4.78 is 1.67. The number of fused-ring (bicyclic) bond motifs is 1. The number of hydrogen-bond acceptors (Lipinski definition) is 4. The molecule has 0 aliphatic rings. The zero-order valence-electron chi connectivity index (χ0n) is 10.5. The second kappa shape index (κ2) is 5.36. The Morgan fingerprint density at radius 2 is 2.28 bits per heavy atom. The van der Waals surface area contributed by atoms with Crippen LogP contribution in [0.25, 0.3) is 11.0 Å². The van der Waals surface area contributed by atoms with Gasteiger partial charge in [0, 0.05) is 19.5 Å². The van der Waals surface area contributed by atoms with E-state index in [4.69, 9.17) is 5.73 Å². The largest absolute Gasteiger partial charge is 0.327 e. The molecular weight excluding hydrogens is 256 g/mol. The average Bonchev–Trinajstić information content (AvgIpc) is 2.70. The zero-order chi connectivity index (χ0) is 12.6. The number of nitrogens with one attached hydrogen (secondary N) is 2. The number of aryl methyl sites for hydroxylation is 2. The lowest BCUT2D eigenvalue weighted by atomic mass is 10.2.